The molecule has 3 rings (SSSR count). The third-order valence-corrected chi connectivity index (χ3v) is 5.23. The maximum Gasteiger partial charge on any atom is 0.254 e. The van der Waals surface area contributed by atoms with Crippen molar-refractivity contribution < 1.29 is 9.59 Å². The molecule has 0 radical (unpaired) electrons. The van der Waals surface area contributed by atoms with Crippen molar-refractivity contribution in [2.45, 2.75) is 52.0 Å². The van der Waals surface area contributed by atoms with E-state index in [0.29, 0.717) is 11.6 Å². The van der Waals surface area contributed by atoms with Gasteiger partial charge in [0.05, 0.1) is 0 Å². The first kappa shape index (κ1) is 18.4. The van der Waals surface area contributed by atoms with Gasteiger partial charge in [-0.05, 0) is 55.5 Å². The Kier molecular flexibility index (Phi) is 5.87. The Morgan fingerprint density at radius 2 is 1.65 bits per heavy atom. The standard InChI is InChI=1S/C23H27NO2/c1-3-15-24(22-9-4-5-10-22)23(26)19-13-11-18(12-14-19)21-8-6-7-20(16-21)17(2)25/h6-8,11-14,16,22H,3-5,9-10,15H2,1-2H3. The van der Waals surface area contributed by atoms with Crippen LogP contribution in [0.3, 0.4) is 0 Å². The lowest BCUT2D eigenvalue weighted by atomic mass is 10.00. The van der Waals surface area contributed by atoms with Gasteiger partial charge >= 0.3 is 0 Å². The number of benzene rings is 2. The molecular weight excluding hydrogens is 322 g/mol. The summed E-state index contributed by atoms with van der Waals surface area (Å²) in [5.74, 6) is 0.202. The molecule has 0 aliphatic heterocycles. The van der Waals surface area contributed by atoms with Crippen LogP contribution in [0.5, 0.6) is 0 Å². The minimum atomic E-state index is 0.0606. The van der Waals surface area contributed by atoms with Crippen LogP contribution in [-0.2, 0) is 0 Å². The molecule has 0 aromatic heterocycles. The summed E-state index contributed by atoms with van der Waals surface area (Å²) in [4.78, 5) is 26.6. The van der Waals surface area contributed by atoms with Crippen molar-refractivity contribution in [1.82, 2.24) is 4.90 Å². The fourth-order valence-electron chi connectivity index (χ4n) is 3.80. The second kappa shape index (κ2) is 8.31. The summed E-state index contributed by atoms with van der Waals surface area (Å²) in [7, 11) is 0. The number of hydrogen-bond donors (Lipinski definition) is 0. The number of Topliss-reactive ketones (excluding diaryl/α,β-unsaturated/α-hetero) is 1. The zero-order chi connectivity index (χ0) is 18.5. The van der Waals surface area contributed by atoms with Gasteiger partial charge in [-0.1, -0.05) is 50.1 Å². The molecule has 0 atom stereocenters. The first-order chi connectivity index (χ1) is 12.6. The lowest BCUT2D eigenvalue weighted by molar-refractivity contribution is 0.0681. The fourth-order valence-corrected chi connectivity index (χ4v) is 3.80. The van der Waals surface area contributed by atoms with Crippen molar-refractivity contribution in [2.24, 2.45) is 0 Å². The van der Waals surface area contributed by atoms with Crippen molar-refractivity contribution >= 4 is 11.7 Å². The molecular formula is C23H27NO2. The average Bonchev–Trinajstić information content (AvgIpc) is 3.20. The van der Waals surface area contributed by atoms with E-state index >= 15 is 0 Å². The third-order valence-electron chi connectivity index (χ3n) is 5.23. The summed E-state index contributed by atoms with van der Waals surface area (Å²) < 4.78 is 0. The highest BCUT2D eigenvalue weighted by molar-refractivity contribution is 5.96. The predicted molar refractivity (Wildman–Crippen MR) is 105 cm³/mol. The van der Waals surface area contributed by atoms with E-state index in [1.807, 2.05) is 48.5 Å². The molecule has 0 saturated heterocycles. The topological polar surface area (TPSA) is 37.4 Å². The van der Waals surface area contributed by atoms with Gasteiger partial charge in [0.15, 0.2) is 5.78 Å². The Balaban J connectivity index is 1.81. The minimum absolute atomic E-state index is 0.0606. The largest absolute Gasteiger partial charge is 0.336 e. The number of amides is 1. The maximum absolute atomic E-state index is 13.0. The van der Waals surface area contributed by atoms with Crippen molar-refractivity contribution in [3.63, 3.8) is 0 Å². The molecule has 0 unspecified atom stereocenters. The van der Waals surface area contributed by atoms with Gasteiger partial charge in [-0.2, -0.15) is 0 Å². The smallest absolute Gasteiger partial charge is 0.254 e. The van der Waals surface area contributed by atoms with Crippen LogP contribution in [0.25, 0.3) is 11.1 Å². The summed E-state index contributed by atoms with van der Waals surface area (Å²) in [6.45, 7) is 4.53. The van der Waals surface area contributed by atoms with E-state index in [2.05, 4.69) is 11.8 Å². The van der Waals surface area contributed by atoms with Gasteiger partial charge in [0.25, 0.3) is 5.91 Å². The highest BCUT2D eigenvalue weighted by Crippen LogP contribution is 2.26. The van der Waals surface area contributed by atoms with Gasteiger partial charge < -0.3 is 4.90 Å². The number of rotatable bonds is 6. The van der Waals surface area contributed by atoms with Gasteiger partial charge in [0.1, 0.15) is 0 Å². The van der Waals surface area contributed by atoms with Crippen molar-refractivity contribution in [2.75, 3.05) is 6.54 Å². The molecule has 1 amide bonds. The lowest BCUT2D eigenvalue weighted by Crippen LogP contribution is -2.39. The van der Waals surface area contributed by atoms with Gasteiger partial charge in [0.2, 0.25) is 0 Å². The van der Waals surface area contributed by atoms with E-state index in [0.717, 1.165) is 42.5 Å². The molecule has 2 aromatic rings. The van der Waals surface area contributed by atoms with Crippen LogP contribution < -0.4 is 0 Å². The van der Waals surface area contributed by atoms with Crippen LogP contribution in [0.1, 0.15) is 66.7 Å². The zero-order valence-electron chi connectivity index (χ0n) is 15.7. The Hall–Kier alpha value is -2.42. The number of hydrogen-bond acceptors (Lipinski definition) is 2. The zero-order valence-corrected chi connectivity index (χ0v) is 15.7. The summed E-state index contributed by atoms with van der Waals surface area (Å²) in [5, 5.41) is 0. The second-order valence-corrected chi connectivity index (χ2v) is 7.15. The summed E-state index contributed by atoms with van der Waals surface area (Å²) in [5.41, 5.74) is 3.47. The SMILES string of the molecule is CCCN(C(=O)c1ccc(-c2cccc(C(C)=O)c2)cc1)C1CCCC1. The van der Waals surface area contributed by atoms with Crippen LogP contribution in [-0.4, -0.2) is 29.2 Å². The van der Waals surface area contributed by atoms with Crippen LogP contribution in [0.2, 0.25) is 0 Å². The molecule has 0 bridgehead atoms. The first-order valence-corrected chi connectivity index (χ1v) is 9.62. The second-order valence-electron chi connectivity index (χ2n) is 7.15. The molecule has 0 heterocycles. The fraction of sp³-hybridized carbons (Fsp3) is 0.391. The Morgan fingerprint density at radius 3 is 2.27 bits per heavy atom. The van der Waals surface area contributed by atoms with Crippen LogP contribution in [0.4, 0.5) is 0 Å². The molecule has 3 nitrogen and oxygen atoms in total. The third kappa shape index (κ3) is 4.04. The molecule has 136 valence electrons. The van der Waals surface area contributed by atoms with Crippen LogP contribution >= 0.6 is 0 Å². The Bertz CT molecular complexity index is 773. The monoisotopic (exact) mass is 349 g/mol. The summed E-state index contributed by atoms with van der Waals surface area (Å²) in [6.07, 6.45) is 5.69. The number of carbonyl (C=O) groups excluding carboxylic acids is 2. The van der Waals surface area contributed by atoms with E-state index in [1.54, 1.807) is 6.92 Å². The van der Waals surface area contributed by atoms with Crippen LogP contribution in [0.15, 0.2) is 48.5 Å². The van der Waals surface area contributed by atoms with Crippen molar-refractivity contribution in [3.05, 3.63) is 59.7 Å². The highest BCUT2D eigenvalue weighted by Gasteiger charge is 2.26. The molecule has 1 saturated carbocycles. The number of ketones is 1. The number of nitrogens with zero attached hydrogens (tertiary/aromatic N) is 1. The molecule has 3 heteroatoms. The van der Waals surface area contributed by atoms with Crippen molar-refractivity contribution in [1.29, 1.82) is 0 Å². The normalized spacial score (nSPS) is 14.4. The molecule has 26 heavy (non-hydrogen) atoms. The first-order valence-electron chi connectivity index (χ1n) is 9.62. The summed E-state index contributed by atoms with van der Waals surface area (Å²) >= 11 is 0. The quantitative estimate of drug-likeness (QED) is 0.659. The van der Waals surface area contributed by atoms with Crippen molar-refractivity contribution in [3.8, 4) is 11.1 Å². The minimum Gasteiger partial charge on any atom is -0.336 e. The van der Waals surface area contributed by atoms with E-state index in [1.165, 1.54) is 12.8 Å². The lowest BCUT2D eigenvalue weighted by Gasteiger charge is -2.29. The van der Waals surface area contributed by atoms with E-state index in [4.69, 9.17) is 0 Å². The maximum atomic E-state index is 13.0. The van der Waals surface area contributed by atoms with Crippen LogP contribution in [0, 0.1) is 0 Å². The van der Waals surface area contributed by atoms with E-state index < -0.39 is 0 Å². The van der Waals surface area contributed by atoms with Gasteiger partial charge in [-0.25, -0.2) is 0 Å². The molecule has 0 N–H and O–H groups in total. The molecule has 2 aromatic carbocycles. The average molecular weight is 349 g/mol. The predicted octanol–water partition coefficient (Wildman–Crippen LogP) is 5.35. The summed E-state index contributed by atoms with van der Waals surface area (Å²) in [6, 6.07) is 15.8. The Morgan fingerprint density at radius 1 is 0.962 bits per heavy atom. The van der Waals surface area contributed by atoms with E-state index in [-0.39, 0.29) is 11.7 Å². The Labute approximate surface area is 156 Å². The highest BCUT2D eigenvalue weighted by atomic mass is 16.2. The van der Waals surface area contributed by atoms with Gasteiger partial charge in [0, 0.05) is 23.7 Å². The van der Waals surface area contributed by atoms with E-state index in [9.17, 15) is 9.59 Å². The molecule has 1 fully saturated rings. The number of carbonyl (C=O) groups is 2. The molecule has 0 spiro atoms. The molecule has 1 aliphatic rings. The van der Waals surface area contributed by atoms with Gasteiger partial charge in [-0.3, -0.25) is 9.59 Å². The molecule has 1 aliphatic carbocycles. The van der Waals surface area contributed by atoms with Gasteiger partial charge in [-0.15, -0.1) is 0 Å².